The Labute approximate surface area is 159 Å². The van der Waals surface area contributed by atoms with E-state index in [9.17, 15) is 14.9 Å². The van der Waals surface area contributed by atoms with Crippen LogP contribution in [-0.4, -0.2) is 31.0 Å². The van der Waals surface area contributed by atoms with Gasteiger partial charge in [0.2, 0.25) is 5.91 Å². The van der Waals surface area contributed by atoms with Crippen molar-refractivity contribution >= 4 is 23.0 Å². The van der Waals surface area contributed by atoms with Crippen LogP contribution in [0.3, 0.4) is 0 Å². The molecule has 1 fully saturated rings. The fourth-order valence-corrected chi connectivity index (χ4v) is 3.73. The maximum Gasteiger partial charge on any atom is 0.292 e. The lowest BCUT2D eigenvalue weighted by Gasteiger charge is -2.34. The second-order valence-corrected chi connectivity index (χ2v) is 7.19. The Bertz CT molecular complexity index is 858. The molecule has 0 radical (unpaired) electrons. The molecule has 0 aliphatic carbocycles. The number of benzene rings is 2. The molecule has 1 heterocycles. The number of amides is 1. The van der Waals surface area contributed by atoms with Crippen molar-refractivity contribution in [2.75, 3.05) is 29.9 Å². The number of rotatable bonds is 4. The Morgan fingerprint density at radius 3 is 2.48 bits per heavy atom. The second kappa shape index (κ2) is 7.78. The summed E-state index contributed by atoms with van der Waals surface area (Å²) in [5.41, 5.74) is 3.91. The number of para-hydroxylation sites is 2. The molecular weight excluding hydrogens is 342 g/mol. The minimum atomic E-state index is -0.346. The van der Waals surface area contributed by atoms with Gasteiger partial charge in [-0.2, -0.15) is 0 Å². The molecule has 2 aromatic rings. The Kier molecular flexibility index (Phi) is 5.44. The molecule has 6 nitrogen and oxygen atoms in total. The molecule has 1 aliphatic rings. The fraction of sp³-hybridized carbons (Fsp3) is 0.381. The van der Waals surface area contributed by atoms with E-state index >= 15 is 0 Å². The zero-order valence-corrected chi connectivity index (χ0v) is 16.0. The number of aryl methyl sites for hydroxylation is 2. The number of nitro benzene ring substituents is 1. The molecule has 0 unspecified atom stereocenters. The van der Waals surface area contributed by atoms with Crippen molar-refractivity contribution in [1.29, 1.82) is 0 Å². The predicted octanol–water partition coefficient (Wildman–Crippen LogP) is 4.09. The van der Waals surface area contributed by atoms with Gasteiger partial charge in [-0.25, -0.2) is 0 Å². The number of piperidine rings is 1. The molecule has 1 amide bonds. The average molecular weight is 367 g/mol. The third-order valence-electron chi connectivity index (χ3n) is 5.32. The van der Waals surface area contributed by atoms with Crippen LogP contribution < -0.4 is 9.80 Å². The topological polar surface area (TPSA) is 66.7 Å². The van der Waals surface area contributed by atoms with Gasteiger partial charge in [-0.1, -0.05) is 24.3 Å². The molecule has 0 aromatic heterocycles. The van der Waals surface area contributed by atoms with Crippen molar-refractivity contribution in [3.05, 3.63) is 63.7 Å². The minimum Gasteiger partial charge on any atom is -0.366 e. The van der Waals surface area contributed by atoms with Gasteiger partial charge in [-0.3, -0.25) is 14.9 Å². The molecule has 6 heteroatoms. The lowest BCUT2D eigenvalue weighted by atomic mass is 9.94. The normalized spacial score (nSPS) is 14.9. The van der Waals surface area contributed by atoms with Gasteiger partial charge in [0.15, 0.2) is 0 Å². The summed E-state index contributed by atoms with van der Waals surface area (Å²) in [5.74, 6) is 0.0554. The number of hydrogen-bond acceptors (Lipinski definition) is 4. The summed E-state index contributed by atoms with van der Waals surface area (Å²) >= 11 is 0. The first-order chi connectivity index (χ1) is 12.9. The third-order valence-corrected chi connectivity index (χ3v) is 5.32. The van der Waals surface area contributed by atoms with Crippen LogP contribution in [0.4, 0.5) is 17.1 Å². The number of hydrogen-bond donors (Lipinski definition) is 0. The van der Waals surface area contributed by atoms with Gasteiger partial charge >= 0.3 is 0 Å². The molecule has 27 heavy (non-hydrogen) atoms. The smallest absolute Gasteiger partial charge is 0.292 e. The summed E-state index contributed by atoms with van der Waals surface area (Å²) in [6.07, 6.45) is 1.39. The van der Waals surface area contributed by atoms with Gasteiger partial charge in [0, 0.05) is 37.8 Å². The fourth-order valence-electron chi connectivity index (χ4n) is 3.73. The molecule has 0 saturated carbocycles. The summed E-state index contributed by atoms with van der Waals surface area (Å²) in [6.45, 7) is 5.31. The minimum absolute atomic E-state index is 0.0612. The first kappa shape index (κ1) is 18.9. The summed E-state index contributed by atoms with van der Waals surface area (Å²) in [7, 11) is 1.83. The summed E-state index contributed by atoms with van der Waals surface area (Å²) < 4.78 is 0. The maximum absolute atomic E-state index is 13.0. The van der Waals surface area contributed by atoms with E-state index in [1.54, 1.807) is 17.0 Å². The number of anilines is 2. The quantitative estimate of drug-likeness (QED) is 0.603. The van der Waals surface area contributed by atoms with Crippen LogP contribution in [0.25, 0.3) is 0 Å². The van der Waals surface area contributed by atoms with E-state index in [1.807, 2.05) is 50.1 Å². The Morgan fingerprint density at radius 1 is 1.15 bits per heavy atom. The van der Waals surface area contributed by atoms with Crippen LogP contribution >= 0.6 is 0 Å². The van der Waals surface area contributed by atoms with Crippen LogP contribution in [0.5, 0.6) is 0 Å². The van der Waals surface area contributed by atoms with E-state index in [0.717, 1.165) is 16.8 Å². The van der Waals surface area contributed by atoms with Crippen molar-refractivity contribution in [2.45, 2.75) is 26.7 Å². The van der Waals surface area contributed by atoms with Crippen LogP contribution in [0.2, 0.25) is 0 Å². The highest BCUT2D eigenvalue weighted by Crippen LogP contribution is 2.32. The Morgan fingerprint density at radius 2 is 1.81 bits per heavy atom. The van der Waals surface area contributed by atoms with Crippen molar-refractivity contribution in [3.8, 4) is 0 Å². The molecule has 0 spiro atoms. The zero-order valence-electron chi connectivity index (χ0n) is 16.0. The molecule has 142 valence electrons. The molecule has 1 aliphatic heterocycles. The highest BCUT2D eigenvalue weighted by molar-refractivity contribution is 5.95. The van der Waals surface area contributed by atoms with Gasteiger partial charge in [0.25, 0.3) is 5.69 Å². The van der Waals surface area contributed by atoms with Crippen molar-refractivity contribution in [1.82, 2.24) is 0 Å². The summed E-state index contributed by atoms with van der Waals surface area (Å²) in [6, 6.07) is 12.9. The van der Waals surface area contributed by atoms with E-state index in [2.05, 4.69) is 0 Å². The average Bonchev–Trinajstić information content (AvgIpc) is 2.69. The van der Waals surface area contributed by atoms with Crippen LogP contribution in [0.1, 0.15) is 24.0 Å². The van der Waals surface area contributed by atoms with Crippen molar-refractivity contribution < 1.29 is 9.72 Å². The highest BCUT2D eigenvalue weighted by atomic mass is 16.6. The maximum atomic E-state index is 13.0. The van der Waals surface area contributed by atoms with Gasteiger partial charge in [0.05, 0.1) is 4.92 Å². The Hall–Kier alpha value is -2.89. The lowest BCUT2D eigenvalue weighted by molar-refractivity contribution is -0.384. The molecular formula is C21H25N3O3. The molecule has 0 atom stereocenters. The molecule has 0 N–H and O–H groups in total. The molecule has 3 rings (SSSR count). The van der Waals surface area contributed by atoms with Crippen LogP contribution in [0.15, 0.2) is 42.5 Å². The summed E-state index contributed by atoms with van der Waals surface area (Å²) in [4.78, 5) is 27.7. The monoisotopic (exact) mass is 367 g/mol. The largest absolute Gasteiger partial charge is 0.366 e. The number of carbonyl (C=O) groups excluding carboxylic acids is 1. The van der Waals surface area contributed by atoms with E-state index in [-0.39, 0.29) is 22.4 Å². The third kappa shape index (κ3) is 3.94. The number of nitro groups is 1. The van der Waals surface area contributed by atoms with E-state index in [1.165, 1.54) is 6.07 Å². The van der Waals surface area contributed by atoms with Gasteiger partial charge in [0.1, 0.15) is 5.69 Å². The second-order valence-electron chi connectivity index (χ2n) is 7.19. The van der Waals surface area contributed by atoms with Crippen molar-refractivity contribution in [2.24, 2.45) is 5.92 Å². The first-order valence-corrected chi connectivity index (χ1v) is 9.21. The SMILES string of the molecule is Cc1ccc(C)c(N(C)C(=O)C2CCN(c3ccccc3[N+](=O)[O-])CC2)c1. The van der Waals surface area contributed by atoms with E-state index in [0.29, 0.717) is 31.6 Å². The lowest BCUT2D eigenvalue weighted by Crippen LogP contribution is -2.41. The highest BCUT2D eigenvalue weighted by Gasteiger charge is 2.30. The predicted molar refractivity (Wildman–Crippen MR) is 107 cm³/mol. The van der Waals surface area contributed by atoms with E-state index in [4.69, 9.17) is 0 Å². The van der Waals surface area contributed by atoms with Gasteiger partial charge in [-0.05, 0) is 49.9 Å². The summed E-state index contributed by atoms with van der Waals surface area (Å²) in [5, 5.41) is 11.3. The Balaban J connectivity index is 1.70. The van der Waals surface area contributed by atoms with Crippen LogP contribution in [-0.2, 0) is 4.79 Å². The molecule has 1 saturated heterocycles. The standard InChI is InChI=1S/C21H25N3O3/c1-15-8-9-16(2)20(14-15)22(3)21(25)17-10-12-23(13-11-17)18-6-4-5-7-19(18)24(26)27/h4-9,14,17H,10-13H2,1-3H3. The van der Waals surface area contributed by atoms with E-state index < -0.39 is 0 Å². The van der Waals surface area contributed by atoms with Crippen molar-refractivity contribution in [3.63, 3.8) is 0 Å². The molecule has 2 aromatic carbocycles. The van der Waals surface area contributed by atoms with Gasteiger partial charge < -0.3 is 9.80 Å². The van der Waals surface area contributed by atoms with Crippen LogP contribution in [0, 0.1) is 29.9 Å². The van der Waals surface area contributed by atoms with Gasteiger partial charge in [-0.15, -0.1) is 0 Å². The first-order valence-electron chi connectivity index (χ1n) is 9.21. The molecule has 0 bridgehead atoms. The number of nitrogens with zero attached hydrogens (tertiary/aromatic N) is 3. The zero-order chi connectivity index (χ0) is 19.6. The number of carbonyl (C=O) groups is 1.